The van der Waals surface area contributed by atoms with Gasteiger partial charge in [-0.25, -0.2) is 0 Å². The third-order valence-electron chi connectivity index (χ3n) is 4.16. The second kappa shape index (κ2) is 6.61. The number of fused-ring (bicyclic) bond motifs is 1. The van der Waals surface area contributed by atoms with E-state index in [9.17, 15) is 4.79 Å². The fourth-order valence-corrected chi connectivity index (χ4v) is 3.23. The Morgan fingerprint density at radius 3 is 2.69 bits per heavy atom. The Bertz CT molecular complexity index is 1090. The van der Waals surface area contributed by atoms with Crippen molar-refractivity contribution in [1.29, 1.82) is 0 Å². The molecule has 2 aromatic carbocycles. The van der Waals surface area contributed by atoms with E-state index >= 15 is 0 Å². The topological polar surface area (TPSA) is 77.6 Å². The smallest absolute Gasteiger partial charge is 0.253 e. The number of benzene rings is 2. The van der Waals surface area contributed by atoms with Crippen LogP contribution in [0.25, 0.3) is 16.6 Å². The van der Waals surface area contributed by atoms with E-state index in [2.05, 4.69) is 20.6 Å². The molecule has 0 radical (unpaired) electrons. The maximum atomic E-state index is 12.7. The van der Waals surface area contributed by atoms with E-state index in [1.54, 1.807) is 28.0 Å². The highest BCUT2D eigenvalue weighted by Gasteiger charge is 2.15. The van der Waals surface area contributed by atoms with Gasteiger partial charge in [-0.2, -0.15) is 5.10 Å². The maximum Gasteiger partial charge on any atom is 0.253 e. The van der Waals surface area contributed by atoms with Crippen LogP contribution in [0.4, 0.5) is 0 Å². The Labute approximate surface area is 154 Å². The molecule has 0 unspecified atom stereocenters. The van der Waals surface area contributed by atoms with Crippen molar-refractivity contribution >= 4 is 28.4 Å². The average Bonchev–Trinajstić information content (AvgIpc) is 3.29. The van der Waals surface area contributed by atoms with E-state index < -0.39 is 0 Å². The second-order valence-corrected chi connectivity index (χ2v) is 6.18. The number of aryl methyl sites for hydroxylation is 1. The number of para-hydroxylation sites is 1. The lowest BCUT2D eigenvalue weighted by atomic mass is 10.1. The molecule has 130 valence electrons. The number of carbonyl (C=O) groups excluding carboxylic acids is 1. The molecule has 2 aromatic heterocycles. The van der Waals surface area contributed by atoms with Gasteiger partial charge in [-0.3, -0.25) is 14.0 Å². The number of amides is 1. The molecule has 0 spiro atoms. The lowest BCUT2D eigenvalue weighted by Crippen LogP contribution is -2.24. The second-order valence-electron chi connectivity index (χ2n) is 5.77. The molecular formula is C18H15ClN6O. The van der Waals surface area contributed by atoms with Gasteiger partial charge in [-0.05, 0) is 24.3 Å². The van der Waals surface area contributed by atoms with Crippen molar-refractivity contribution in [3.63, 3.8) is 0 Å². The molecule has 8 heteroatoms. The summed E-state index contributed by atoms with van der Waals surface area (Å²) in [6.45, 7) is 0.274. The monoisotopic (exact) mass is 366 g/mol. The third kappa shape index (κ3) is 2.82. The summed E-state index contributed by atoms with van der Waals surface area (Å²) in [6, 6.07) is 12.9. The molecule has 0 aliphatic carbocycles. The van der Waals surface area contributed by atoms with Gasteiger partial charge in [0.1, 0.15) is 12.7 Å². The van der Waals surface area contributed by atoms with Crippen molar-refractivity contribution < 1.29 is 4.79 Å². The van der Waals surface area contributed by atoms with Crippen LogP contribution < -0.4 is 5.32 Å². The van der Waals surface area contributed by atoms with Crippen LogP contribution in [0.15, 0.2) is 55.1 Å². The van der Waals surface area contributed by atoms with Gasteiger partial charge in [0.05, 0.1) is 34.0 Å². The number of nitrogens with zero attached hydrogens (tertiary/aromatic N) is 5. The predicted octanol–water partition coefficient (Wildman–Crippen LogP) is 2.74. The molecule has 4 rings (SSSR count). The number of rotatable bonds is 4. The van der Waals surface area contributed by atoms with E-state index in [0.717, 1.165) is 16.6 Å². The molecule has 0 bridgehead atoms. The van der Waals surface area contributed by atoms with Crippen LogP contribution in [0.5, 0.6) is 0 Å². The molecule has 0 aliphatic heterocycles. The van der Waals surface area contributed by atoms with E-state index in [-0.39, 0.29) is 12.5 Å². The molecule has 2 heterocycles. The Hall–Kier alpha value is -3.19. The molecule has 1 amide bonds. The zero-order chi connectivity index (χ0) is 18.1. The van der Waals surface area contributed by atoms with Gasteiger partial charge < -0.3 is 5.32 Å². The van der Waals surface area contributed by atoms with Gasteiger partial charge >= 0.3 is 0 Å². The van der Waals surface area contributed by atoms with Crippen LogP contribution in [0.1, 0.15) is 16.1 Å². The lowest BCUT2D eigenvalue weighted by molar-refractivity contribution is 0.0950. The zero-order valence-electron chi connectivity index (χ0n) is 13.9. The van der Waals surface area contributed by atoms with Crippen molar-refractivity contribution in [2.24, 2.45) is 7.05 Å². The largest absolute Gasteiger partial charge is 0.346 e. The van der Waals surface area contributed by atoms with Crippen molar-refractivity contribution in [2.75, 3.05) is 0 Å². The number of aromatic nitrogens is 5. The van der Waals surface area contributed by atoms with E-state index in [1.807, 2.05) is 43.4 Å². The molecule has 0 aliphatic rings. The highest BCUT2D eigenvalue weighted by atomic mass is 35.5. The summed E-state index contributed by atoms with van der Waals surface area (Å²) < 4.78 is 3.45. The molecule has 1 N–H and O–H groups in total. The number of nitrogens with one attached hydrogen (secondary N) is 1. The normalized spacial score (nSPS) is 11.0. The molecule has 0 fully saturated rings. The van der Waals surface area contributed by atoms with Crippen LogP contribution in [0.3, 0.4) is 0 Å². The summed E-state index contributed by atoms with van der Waals surface area (Å²) in [5.74, 6) is -0.208. The SMILES string of the molecule is Cn1nc(CNC(=O)c2ccccc2-n2cnnc2)c2c(Cl)cccc21. The standard InChI is InChI=1S/C18H15ClN6O/c1-24-16-8-4-6-13(19)17(16)14(23-24)9-20-18(26)12-5-2-3-7-15(12)25-10-21-22-11-25/h2-8,10-11H,9H2,1H3,(H,20,26). The van der Waals surface area contributed by atoms with Gasteiger partial charge in [-0.15, -0.1) is 10.2 Å². The van der Waals surface area contributed by atoms with Crippen LogP contribution >= 0.6 is 11.6 Å². The number of carbonyl (C=O) groups is 1. The minimum absolute atomic E-state index is 0.208. The fraction of sp³-hybridized carbons (Fsp3) is 0.111. The summed E-state index contributed by atoms with van der Waals surface area (Å²) in [5.41, 5.74) is 2.88. The van der Waals surface area contributed by atoms with Crippen molar-refractivity contribution in [3.05, 3.63) is 71.4 Å². The van der Waals surface area contributed by atoms with Gasteiger partial charge in [0.2, 0.25) is 0 Å². The van der Waals surface area contributed by atoms with Gasteiger partial charge in [0.15, 0.2) is 0 Å². The first-order chi connectivity index (χ1) is 12.6. The highest BCUT2D eigenvalue weighted by Crippen LogP contribution is 2.26. The molecular weight excluding hydrogens is 352 g/mol. The lowest BCUT2D eigenvalue weighted by Gasteiger charge is -2.09. The molecule has 4 aromatic rings. The Morgan fingerprint density at radius 1 is 1.12 bits per heavy atom. The van der Waals surface area contributed by atoms with Gasteiger partial charge in [-0.1, -0.05) is 29.8 Å². The van der Waals surface area contributed by atoms with Crippen LogP contribution in [0, 0.1) is 0 Å². The van der Waals surface area contributed by atoms with Crippen molar-refractivity contribution in [3.8, 4) is 5.69 Å². The molecule has 7 nitrogen and oxygen atoms in total. The number of hydrogen-bond acceptors (Lipinski definition) is 4. The van der Waals surface area contributed by atoms with E-state index in [0.29, 0.717) is 16.3 Å². The first-order valence-corrected chi connectivity index (χ1v) is 8.35. The van der Waals surface area contributed by atoms with Crippen LogP contribution in [-0.4, -0.2) is 30.5 Å². The maximum absolute atomic E-state index is 12.7. The van der Waals surface area contributed by atoms with E-state index in [1.165, 1.54) is 0 Å². The molecule has 26 heavy (non-hydrogen) atoms. The first kappa shape index (κ1) is 16.3. The molecule has 0 saturated carbocycles. The summed E-state index contributed by atoms with van der Waals surface area (Å²) in [5, 5.41) is 16.5. The average molecular weight is 367 g/mol. The van der Waals surface area contributed by atoms with Gasteiger partial charge in [0, 0.05) is 12.4 Å². The van der Waals surface area contributed by atoms with Crippen molar-refractivity contribution in [1.82, 2.24) is 29.9 Å². The summed E-state index contributed by atoms with van der Waals surface area (Å²) >= 11 is 6.32. The Balaban J connectivity index is 1.62. The minimum atomic E-state index is -0.208. The predicted molar refractivity (Wildman–Crippen MR) is 98.3 cm³/mol. The Morgan fingerprint density at radius 2 is 1.88 bits per heavy atom. The van der Waals surface area contributed by atoms with E-state index in [4.69, 9.17) is 11.6 Å². The highest BCUT2D eigenvalue weighted by molar-refractivity contribution is 6.35. The zero-order valence-corrected chi connectivity index (χ0v) is 14.7. The van der Waals surface area contributed by atoms with Crippen LogP contribution in [-0.2, 0) is 13.6 Å². The summed E-state index contributed by atoms with van der Waals surface area (Å²) in [6.07, 6.45) is 3.11. The van der Waals surface area contributed by atoms with Gasteiger partial charge in [0.25, 0.3) is 5.91 Å². The molecule has 0 atom stereocenters. The Kier molecular flexibility index (Phi) is 4.14. The van der Waals surface area contributed by atoms with Crippen LogP contribution in [0.2, 0.25) is 5.02 Å². The fourth-order valence-electron chi connectivity index (χ4n) is 2.95. The first-order valence-electron chi connectivity index (χ1n) is 7.97. The third-order valence-corrected chi connectivity index (χ3v) is 4.48. The minimum Gasteiger partial charge on any atom is -0.346 e. The number of halogens is 1. The summed E-state index contributed by atoms with van der Waals surface area (Å²) in [4.78, 5) is 12.7. The number of hydrogen-bond donors (Lipinski definition) is 1. The van der Waals surface area contributed by atoms with Crippen molar-refractivity contribution in [2.45, 2.75) is 6.54 Å². The summed E-state index contributed by atoms with van der Waals surface area (Å²) in [7, 11) is 1.85. The molecule has 0 saturated heterocycles. The quantitative estimate of drug-likeness (QED) is 0.602.